The molecule has 0 aromatic carbocycles. The molecule has 0 aromatic rings. The fourth-order valence-electron chi connectivity index (χ4n) is 1.70. The third-order valence-corrected chi connectivity index (χ3v) is 2.65. The van der Waals surface area contributed by atoms with Crippen LogP contribution in [0.25, 0.3) is 0 Å². The molecule has 0 N–H and O–H groups in total. The molecule has 1 saturated carbocycles. The van der Waals surface area contributed by atoms with E-state index in [1.165, 1.54) is 0 Å². The predicted octanol–water partition coefficient (Wildman–Crippen LogP) is -0.345. The van der Waals surface area contributed by atoms with E-state index >= 15 is 0 Å². The highest BCUT2D eigenvalue weighted by molar-refractivity contribution is 5.73. The van der Waals surface area contributed by atoms with Crippen LogP contribution in [0.5, 0.6) is 0 Å². The van der Waals surface area contributed by atoms with Crippen molar-refractivity contribution in [1.82, 2.24) is 0 Å². The lowest BCUT2D eigenvalue weighted by atomic mass is 10.1. The summed E-state index contributed by atoms with van der Waals surface area (Å²) in [4.78, 5) is 10.5. The van der Waals surface area contributed by atoms with E-state index in [4.69, 9.17) is 4.74 Å². The number of carboxylic acids is 1. The van der Waals surface area contributed by atoms with Gasteiger partial charge in [0.25, 0.3) is 0 Å². The van der Waals surface area contributed by atoms with Crippen LogP contribution in [0, 0.1) is 17.3 Å². The van der Waals surface area contributed by atoms with Gasteiger partial charge in [-0.1, -0.05) is 13.8 Å². The zero-order valence-electron chi connectivity index (χ0n) is 7.09. The van der Waals surface area contributed by atoms with Gasteiger partial charge in [-0.25, -0.2) is 0 Å². The highest BCUT2D eigenvalue weighted by atomic mass is 16.5. The van der Waals surface area contributed by atoms with E-state index in [0.29, 0.717) is 6.61 Å². The molecule has 1 aliphatic rings. The van der Waals surface area contributed by atoms with Gasteiger partial charge in [-0.05, 0) is 11.3 Å². The zero-order valence-corrected chi connectivity index (χ0v) is 7.09. The van der Waals surface area contributed by atoms with Crippen LogP contribution in [0.2, 0.25) is 0 Å². The van der Waals surface area contributed by atoms with E-state index in [1.807, 2.05) is 13.8 Å². The Morgan fingerprint density at radius 3 is 2.45 bits per heavy atom. The van der Waals surface area contributed by atoms with Gasteiger partial charge in [0.2, 0.25) is 0 Å². The number of rotatable bonds is 3. The molecule has 3 nitrogen and oxygen atoms in total. The van der Waals surface area contributed by atoms with Gasteiger partial charge in [-0.3, -0.25) is 0 Å². The molecule has 0 radical (unpaired) electrons. The summed E-state index contributed by atoms with van der Waals surface area (Å²) in [6.07, 6.45) is 0. The Morgan fingerprint density at radius 2 is 2.18 bits per heavy atom. The molecule has 1 aliphatic carbocycles. The molecule has 0 heterocycles. The van der Waals surface area contributed by atoms with Crippen LogP contribution in [0.4, 0.5) is 0 Å². The van der Waals surface area contributed by atoms with Gasteiger partial charge < -0.3 is 14.6 Å². The number of ether oxygens (including phenoxy) is 1. The Kier molecular flexibility index (Phi) is 1.92. The van der Waals surface area contributed by atoms with Gasteiger partial charge >= 0.3 is 0 Å². The summed E-state index contributed by atoms with van der Waals surface area (Å²) in [6, 6.07) is 0. The van der Waals surface area contributed by atoms with Crippen molar-refractivity contribution in [1.29, 1.82) is 0 Å². The van der Waals surface area contributed by atoms with Crippen LogP contribution in [0.3, 0.4) is 0 Å². The molecule has 1 rings (SSSR count). The summed E-state index contributed by atoms with van der Waals surface area (Å²) in [5.74, 6) is -1.13. The predicted molar refractivity (Wildman–Crippen MR) is 37.6 cm³/mol. The lowest BCUT2D eigenvalue weighted by Gasteiger charge is -2.01. The standard InChI is InChI=1S/C8H14O3/c1-8(2)5(4-11-3)6(8)7(9)10/h5-6H,4H2,1-3H3,(H,9,10)/p-1. The van der Waals surface area contributed by atoms with Crippen molar-refractivity contribution in [3.8, 4) is 0 Å². The number of hydrogen-bond donors (Lipinski definition) is 0. The summed E-state index contributed by atoms with van der Waals surface area (Å²) in [5.41, 5.74) is -0.130. The molecule has 0 amide bonds. The SMILES string of the molecule is COCC1C(C(=O)[O-])C1(C)C. The molecule has 11 heavy (non-hydrogen) atoms. The van der Waals surface area contributed by atoms with E-state index < -0.39 is 5.97 Å². The molecule has 0 bridgehead atoms. The van der Waals surface area contributed by atoms with Crippen molar-refractivity contribution in [2.24, 2.45) is 17.3 Å². The Labute approximate surface area is 66.4 Å². The van der Waals surface area contributed by atoms with E-state index in [9.17, 15) is 9.90 Å². The van der Waals surface area contributed by atoms with Crippen LogP contribution in [-0.4, -0.2) is 19.7 Å². The topological polar surface area (TPSA) is 49.4 Å². The second kappa shape index (κ2) is 2.48. The number of carboxylic acid groups (broad SMARTS) is 1. The Balaban J connectivity index is 2.53. The average Bonchev–Trinajstić information content (AvgIpc) is 2.35. The van der Waals surface area contributed by atoms with Crippen LogP contribution in [0.1, 0.15) is 13.8 Å². The van der Waals surface area contributed by atoms with Gasteiger partial charge in [0, 0.05) is 19.0 Å². The van der Waals surface area contributed by atoms with Gasteiger partial charge in [-0.2, -0.15) is 0 Å². The van der Waals surface area contributed by atoms with Crippen molar-refractivity contribution < 1.29 is 14.6 Å². The van der Waals surface area contributed by atoms with Gasteiger partial charge in [0.05, 0.1) is 6.61 Å². The lowest BCUT2D eigenvalue weighted by Crippen LogP contribution is -2.26. The molecular weight excluding hydrogens is 144 g/mol. The van der Waals surface area contributed by atoms with Gasteiger partial charge in [0.15, 0.2) is 0 Å². The van der Waals surface area contributed by atoms with Gasteiger partial charge in [0.1, 0.15) is 0 Å². The fraction of sp³-hybridized carbons (Fsp3) is 0.875. The van der Waals surface area contributed by atoms with Crippen molar-refractivity contribution >= 4 is 5.97 Å². The summed E-state index contributed by atoms with van der Waals surface area (Å²) in [6.45, 7) is 4.37. The molecule has 3 heteroatoms. The maximum Gasteiger partial charge on any atom is 0.0502 e. The number of aliphatic carboxylic acids is 1. The lowest BCUT2D eigenvalue weighted by molar-refractivity contribution is -0.309. The van der Waals surface area contributed by atoms with Crippen molar-refractivity contribution in [3.05, 3.63) is 0 Å². The van der Waals surface area contributed by atoms with Crippen molar-refractivity contribution in [2.45, 2.75) is 13.8 Å². The van der Waals surface area contributed by atoms with E-state index in [2.05, 4.69) is 0 Å². The Hall–Kier alpha value is -0.570. The molecule has 0 aliphatic heterocycles. The highest BCUT2D eigenvalue weighted by Crippen LogP contribution is 2.57. The molecule has 1 fully saturated rings. The van der Waals surface area contributed by atoms with Crippen LogP contribution in [0.15, 0.2) is 0 Å². The second-order valence-corrected chi connectivity index (χ2v) is 3.68. The molecular formula is C8H13O3-. The third kappa shape index (κ3) is 1.25. The monoisotopic (exact) mass is 157 g/mol. The first-order valence-corrected chi connectivity index (χ1v) is 3.71. The molecule has 0 aromatic heterocycles. The van der Waals surface area contributed by atoms with E-state index in [-0.39, 0.29) is 17.3 Å². The molecule has 2 atom stereocenters. The van der Waals surface area contributed by atoms with Crippen molar-refractivity contribution in [2.75, 3.05) is 13.7 Å². The molecule has 64 valence electrons. The first-order valence-electron chi connectivity index (χ1n) is 3.71. The van der Waals surface area contributed by atoms with E-state index in [0.717, 1.165) is 0 Å². The highest BCUT2D eigenvalue weighted by Gasteiger charge is 2.58. The minimum absolute atomic E-state index is 0.130. The molecule has 2 unspecified atom stereocenters. The number of carbonyl (C=O) groups excluding carboxylic acids is 1. The summed E-state index contributed by atoms with van der Waals surface area (Å²) in [7, 11) is 1.58. The first kappa shape index (κ1) is 8.53. The normalized spacial score (nSPS) is 33.4. The maximum absolute atomic E-state index is 10.5. The Morgan fingerprint density at radius 1 is 1.64 bits per heavy atom. The largest absolute Gasteiger partial charge is 0.550 e. The van der Waals surface area contributed by atoms with Crippen LogP contribution >= 0.6 is 0 Å². The first-order chi connectivity index (χ1) is 5.01. The average molecular weight is 157 g/mol. The summed E-state index contributed by atoms with van der Waals surface area (Å²) < 4.78 is 4.89. The fourth-order valence-corrected chi connectivity index (χ4v) is 1.70. The summed E-state index contributed by atoms with van der Waals surface area (Å²) >= 11 is 0. The smallest absolute Gasteiger partial charge is 0.0502 e. The third-order valence-electron chi connectivity index (χ3n) is 2.65. The maximum atomic E-state index is 10.5. The minimum atomic E-state index is -0.947. The number of methoxy groups -OCH3 is 1. The van der Waals surface area contributed by atoms with E-state index in [1.54, 1.807) is 7.11 Å². The zero-order chi connectivity index (χ0) is 8.65. The number of carbonyl (C=O) groups is 1. The minimum Gasteiger partial charge on any atom is -0.550 e. The Bertz CT molecular complexity index is 174. The van der Waals surface area contributed by atoms with Gasteiger partial charge in [-0.15, -0.1) is 0 Å². The van der Waals surface area contributed by atoms with Crippen molar-refractivity contribution in [3.63, 3.8) is 0 Å². The number of hydrogen-bond acceptors (Lipinski definition) is 3. The quantitative estimate of drug-likeness (QED) is 0.563. The molecule has 0 spiro atoms. The van der Waals surface area contributed by atoms with Crippen LogP contribution in [-0.2, 0) is 9.53 Å². The molecule has 0 saturated heterocycles. The summed E-state index contributed by atoms with van der Waals surface area (Å²) in [5, 5.41) is 10.5. The van der Waals surface area contributed by atoms with Crippen LogP contribution < -0.4 is 5.11 Å². The second-order valence-electron chi connectivity index (χ2n) is 3.68.